The van der Waals surface area contributed by atoms with Gasteiger partial charge in [-0.1, -0.05) is 32.1 Å². The molecular formula is C16H28N2O. The topological polar surface area (TPSA) is 32.3 Å². The molecular weight excluding hydrogens is 236 g/mol. The molecule has 3 rings (SSSR count). The summed E-state index contributed by atoms with van der Waals surface area (Å²) < 4.78 is 0. The molecule has 1 aliphatic carbocycles. The molecule has 2 heterocycles. The summed E-state index contributed by atoms with van der Waals surface area (Å²) in [6.07, 6.45) is 12.6. The second-order valence-electron chi connectivity index (χ2n) is 6.75. The van der Waals surface area contributed by atoms with Gasteiger partial charge in [-0.05, 0) is 32.1 Å². The van der Waals surface area contributed by atoms with E-state index in [2.05, 4.69) is 10.2 Å². The van der Waals surface area contributed by atoms with Crippen molar-refractivity contribution in [3.05, 3.63) is 0 Å². The molecule has 2 aliphatic heterocycles. The molecule has 1 N–H and O–H groups in total. The fraction of sp³-hybridized carbons (Fsp3) is 0.938. The lowest BCUT2D eigenvalue weighted by Crippen LogP contribution is -2.42. The fourth-order valence-electron chi connectivity index (χ4n) is 4.10. The third kappa shape index (κ3) is 3.31. The Morgan fingerprint density at radius 3 is 2.32 bits per heavy atom. The Morgan fingerprint density at radius 1 is 0.842 bits per heavy atom. The van der Waals surface area contributed by atoms with Crippen LogP contribution in [0.15, 0.2) is 0 Å². The Labute approximate surface area is 117 Å². The molecule has 0 spiro atoms. The smallest absolute Gasteiger partial charge is 0.225 e. The highest BCUT2D eigenvalue weighted by Crippen LogP contribution is 2.26. The SMILES string of the molecule is O=C(C1CCCCCCC1)N1CCC2CCC(C1)N2. The van der Waals surface area contributed by atoms with E-state index in [-0.39, 0.29) is 0 Å². The lowest BCUT2D eigenvalue weighted by Gasteiger charge is -2.29. The zero-order chi connectivity index (χ0) is 13.1. The average Bonchev–Trinajstić information content (AvgIpc) is 2.68. The summed E-state index contributed by atoms with van der Waals surface area (Å²) >= 11 is 0. The molecule has 1 saturated carbocycles. The molecule has 0 radical (unpaired) electrons. The van der Waals surface area contributed by atoms with E-state index in [1.54, 1.807) is 0 Å². The van der Waals surface area contributed by atoms with Crippen molar-refractivity contribution in [1.29, 1.82) is 0 Å². The van der Waals surface area contributed by atoms with Gasteiger partial charge in [0.1, 0.15) is 0 Å². The maximum atomic E-state index is 12.7. The van der Waals surface area contributed by atoms with Gasteiger partial charge in [-0.25, -0.2) is 0 Å². The lowest BCUT2D eigenvalue weighted by molar-refractivity contribution is -0.136. The van der Waals surface area contributed by atoms with Gasteiger partial charge < -0.3 is 10.2 Å². The summed E-state index contributed by atoms with van der Waals surface area (Å²) in [6, 6.07) is 1.25. The van der Waals surface area contributed by atoms with E-state index in [4.69, 9.17) is 0 Å². The first-order chi connectivity index (χ1) is 9.33. The van der Waals surface area contributed by atoms with Crippen LogP contribution in [0.25, 0.3) is 0 Å². The number of nitrogens with one attached hydrogen (secondary N) is 1. The first-order valence-electron chi connectivity index (χ1n) is 8.38. The molecule has 0 aromatic rings. The van der Waals surface area contributed by atoms with Crippen LogP contribution in [0.4, 0.5) is 0 Å². The Morgan fingerprint density at radius 2 is 1.53 bits per heavy atom. The minimum absolute atomic E-state index is 0.330. The number of hydrogen-bond donors (Lipinski definition) is 1. The molecule has 3 fully saturated rings. The van der Waals surface area contributed by atoms with Crippen LogP contribution in [0.2, 0.25) is 0 Å². The predicted molar refractivity (Wildman–Crippen MR) is 77.0 cm³/mol. The van der Waals surface area contributed by atoms with E-state index >= 15 is 0 Å². The zero-order valence-electron chi connectivity index (χ0n) is 12.1. The predicted octanol–water partition coefficient (Wildman–Crippen LogP) is 2.70. The lowest BCUT2D eigenvalue weighted by atomic mass is 9.90. The molecule has 2 bridgehead atoms. The second kappa shape index (κ2) is 6.25. The number of nitrogens with zero attached hydrogens (tertiary/aromatic N) is 1. The number of hydrogen-bond acceptors (Lipinski definition) is 2. The summed E-state index contributed by atoms with van der Waals surface area (Å²) in [5.74, 6) is 0.799. The van der Waals surface area contributed by atoms with Crippen molar-refractivity contribution in [1.82, 2.24) is 10.2 Å². The summed E-state index contributed by atoms with van der Waals surface area (Å²) in [5, 5.41) is 3.67. The summed E-state index contributed by atoms with van der Waals surface area (Å²) in [4.78, 5) is 14.9. The highest BCUT2D eigenvalue weighted by Gasteiger charge is 2.33. The van der Waals surface area contributed by atoms with E-state index in [0.29, 0.717) is 23.9 Å². The molecule has 3 aliphatic rings. The first kappa shape index (κ1) is 13.4. The molecule has 0 aromatic heterocycles. The number of fused-ring (bicyclic) bond motifs is 2. The van der Waals surface area contributed by atoms with Crippen LogP contribution in [-0.4, -0.2) is 36.0 Å². The van der Waals surface area contributed by atoms with Gasteiger partial charge in [0.2, 0.25) is 5.91 Å². The van der Waals surface area contributed by atoms with Crippen molar-refractivity contribution >= 4 is 5.91 Å². The number of rotatable bonds is 1. The highest BCUT2D eigenvalue weighted by molar-refractivity contribution is 5.79. The van der Waals surface area contributed by atoms with Crippen LogP contribution in [0.3, 0.4) is 0 Å². The molecule has 2 atom stereocenters. The van der Waals surface area contributed by atoms with Crippen molar-refractivity contribution in [3.63, 3.8) is 0 Å². The summed E-state index contributed by atoms with van der Waals surface area (Å²) in [5.41, 5.74) is 0. The summed E-state index contributed by atoms with van der Waals surface area (Å²) in [6.45, 7) is 1.95. The van der Waals surface area contributed by atoms with Crippen molar-refractivity contribution in [3.8, 4) is 0 Å². The molecule has 3 heteroatoms. The van der Waals surface area contributed by atoms with Gasteiger partial charge in [-0.3, -0.25) is 4.79 Å². The van der Waals surface area contributed by atoms with Gasteiger partial charge in [-0.15, -0.1) is 0 Å². The average molecular weight is 264 g/mol. The van der Waals surface area contributed by atoms with Crippen LogP contribution in [0.5, 0.6) is 0 Å². The normalized spacial score (nSPS) is 33.6. The number of carbonyl (C=O) groups excluding carboxylic acids is 1. The molecule has 2 unspecified atom stereocenters. The van der Waals surface area contributed by atoms with Crippen molar-refractivity contribution in [2.45, 2.75) is 76.3 Å². The maximum absolute atomic E-state index is 12.7. The van der Waals surface area contributed by atoms with Crippen LogP contribution < -0.4 is 5.32 Å². The first-order valence-corrected chi connectivity index (χ1v) is 8.38. The van der Waals surface area contributed by atoms with Gasteiger partial charge in [0.05, 0.1) is 0 Å². The Hall–Kier alpha value is -0.570. The van der Waals surface area contributed by atoms with Gasteiger partial charge in [0.25, 0.3) is 0 Å². The largest absolute Gasteiger partial charge is 0.341 e. The maximum Gasteiger partial charge on any atom is 0.225 e. The van der Waals surface area contributed by atoms with Gasteiger partial charge in [-0.2, -0.15) is 0 Å². The van der Waals surface area contributed by atoms with E-state index in [9.17, 15) is 4.79 Å². The number of carbonyl (C=O) groups is 1. The Bertz CT molecular complexity index is 310. The van der Waals surface area contributed by atoms with Crippen molar-refractivity contribution < 1.29 is 4.79 Å². The van der Waals surface area contributed by atoms with Gasteiger partial charge in [0.15, 0.2) is 0 Å². The minimum Gasteiger partial charge on any atom is -0.341 e. The fourth-order valence-corrected chi connectivity index (χ4v) is 4.10. The standard InChI is InChI=1S/C16H28N2O/c19-16(13-6-4-2-1-3-5-7-13)18-11-10-14-8-9-15(12-18)17-14/h13-15,17H,1-12H2. The van der Waals surface area contributed by atoms with E-state index in [1.807, 2.05) is 0 Å². The zero-order valence-corrected chi connectivity index (χ0v) is 12.1. The summed E-state index contributed by atoms with van der Waals surface area (Å²) in [7, 11) is 0. The molecule has 108 valence electrons. The minimum atomic E-state index is 0.330. The van der Waals surface area contributed by atoms with E-state index < -0.39 is 0 Å². The Balaban J connectivity index is 1.58. The third-order valence-electron chi connectivity index (χ3n) is 5.29. The van der Waals surface area contributed by atoms with Gasteiger partial charge >= 0.3 is 0 Å². The van der Waals surface area contributed by atoms with Crippen LogP contribution in [0.1, 0.15) is 64.2 Å². The molecule has 3 nitrogen and oxygen atoms in total. The number of amides is 1. The third-order valence-corrected chi connectivity index (χ3v) is 5.29. The van der Waals surface area contributed by atoms with E-state index in [1.165, 1.54) is 44.9 Å². The van der Waals surface area contributed by atoms with Crippen LogP contribution >= 0.6 is 0 Å². The quantitative estimate of drug-likeness (QED) is 0.790. The molecule has 2 saturated heterocycles. The molecule has 1 amide bonds. The second-order valence-corrected chi connectivity index (χ2v) is 6.75. The molecule has 19 heavy (non-hydrogen) atoms. The molecule has 0 aromatic carbocycles. The number of likely N-dealkylation sites (tertiary alicyclic amines) is 1. The Kier molecular flexibility index (Phi) is 4.42. The van der Waals surface area contributed by atoms with Crippen LogP contribution in [0, 0.1) is 5.92 Å². The van der Waals surface area contributed by atoms with E-state index in [0.717, 1.165) is 32.4 Å². The monoisotopic (exact) mass is 264 g/mol. The van der Waals surface area contributed by atoms with Gasteiger partial charge in [0, 0.05) is 31.1 Å². The highest BCUT2D eigenvalue weighted by atomic mass is 16.2. The van der Waals surface area contributed by atoms with Crippen molar-refractivity contribution in [2.75, 3.05) is 13.1 Å². The van der Waals surface area contributed by atoms with Crippen molar-refractivity contribution in [2.24, 2.45) is 5.92 Å². The van der Waals surface area contributed by atoms with Crippen LogP contribution in [-0.2, 0) is 4.79 Å².